The van der Waals surface area contributed by atoms with Crippen molar-refractivity contribution in [2.24, 2.45) is 0 Å². The predicted octanol–water partition coefficient (Wildman–Crippen LogP) is 2.79. The fourth-order valence-corrected chi connectivity index (χ4v) is 0. The van der Waals surface area contributed by atoms with E-state index in [0.29, 0.717) is 0 Å². The summed E-state index contributed by atoms with van der Waals surface area (Å²) in [6, 6.07) is 0. The first kappa shape index (κ1) is 15.7. The highest BCUT2D eigenvalue weighted by Crippen LogP contribution is 1.38. The molecule has 0 aliphatic carbocycles. The first-order valence-corrected chi connectivity index (χ1v) is 2.48. The lowest BCUT2D eigenvalue weighted by Gasteiger charge is -1.31. The fraction of sp³-hybridized carbons (Fsp3) is 0.222. The van der Waals surface area contributed by atoms with Gasteiger partial charge < -0.3 is 0 Å². The van der Waals surface area contributed by atoms with Crippen LogP contribution in [0.1, 0.15) is 13.8 Å². The van der Waals surface area contributed by atoms with Gasteiger partial charge in [-0.1, -0.05) is 19.2 Å². The van der Waals surface area contributed by atoms with Gasteiger partial charge in [-0.05, 0) is 13.8 Å². The monoisotopic (exact) mass is 122 g/mol. The Morgan fingerprint density at radius 2 is 1.44 bits per heavy atom. The zero-order valence-corrected chi connectivity index (χ0v) is 6.28. The molecule has 0 nitrogen and oxygen atoms in total. The summed E-state index contributed by atoms with van der Waals surface area (Å²) >= 11 is 0. The first-order valence-electron chi connectivity index (χ1n) is 2.48. The highest BCUT2D eigenvalue weighted by Gasteiger charge is 1.15. The van der Waals surface area contributed by atoms with Crippen LogP contribution in [0.2, 0.25) is 0 Å². The average molecular weight is 122 g/mol. The molecule has 0 aliphatic rings. The molecule has 0 spiro atoms. The molecule has 0 unspecified atom stereocenters. The third-order valence-electron chi connectivity index (χ3n) is 0. The van der Waals surface area contributed by atoms with Crippen LogP contribution >= 0.6 is 0 Å². The Morgan fingerprint density at radius 3 is 1.44 bits per heavy atom. The van der Waals surface area contributed by atoms with Gasteiger partial charge in [-0.3, -0.25) is 0 Å². The van der Waals surface area contributed by atoms with Crippen molar-refractivity contribution >= 4 is 0 Å². The second-order valence-corrected chi connectivity index (χ2v) is 0.947. The van der Waals surface area contributed by atoms with E-state index in [2.05, 4.69) is 37.8 Å². The normalized spacial score (nSPS) is 3.22. The summed E-state index contributed by atoms with van der Waals surface area (Å²) in [5.74, 6) is 2.25. The molecule has 50 valence electrons. The molecule has 0 radical (unpaired) electrons. The molecule has 9 heavy (non-hydrogen) atoms. The summed E-state index contributed by atoms with van der Waals surface area (Å²) in [7, 11) is 0. The summed E-state index contributed by atoms with van der Waals surface area (Å²) < 4.78 is 0. The SMILES string of the molecule is C#CC.C=C=C.C=CC. The molecule has 0 saturated heterocycles. The molecule has 0 heteroatoms. The Labute approximate surface area is 58.6 Å². The van der Waals surface area contributed by atoms with Crippen molar-refractivity contribution in [3.8, 4) is 12.3 Å². The van der Waals surface area contributed by atoms with Gasteiger partial charge >= 0.3 is 0 Å². The van der Waals surface area contributed by atoms with Crippen LogP contribution < -0.4 is 0 Å². The van der Waals surface area contributed by atoms with Gasteiger partial charge in [0.05, 0.1) is 0 Å². The van der Waals surface area contributed by atoms with Crippen molar-refractivity contribution < 1.29 is 0 Å². The molecule has 0 aromatic carbocycles. The van der Waals surface area contributed by atoms with Crippen LogP contribution in [-0.4, -0.2) is 0 Å². The van der Waals surface area contributed by atoms with Gasteiger partial charge in [-0.25, -0.2) is 0 Å². The minimum absolute atomic E-state index is 1.65. The lowest BCUT2D eigenvalue weighted by molar-refractivity contribution is 1.80. The Morgan fingerprint density at radius 1 is 1.44 bits per heavy atom. The van der Waals surface area contributed by atoms with E-state index in [4.69, 9.17) is 0 Å². The third-order valence-corrected chi connectivity index (χ3v) is 0. The molecule has 0 aromatic rings. The van der Waals surface area contributed by atoms with E-state index in [0.717, 1.165) is 0 Å². The largest absolute Gasteiger partial charge is 0.137 e. The van der Waals surface area contributed by atoms with Gasteiger partial charge in [0.2, 0.25) is 0 Å². The quantitative estimate of drug-likeness (QED) is 0.263. The number of hydrogen-bond donors (Lipinski definition) is 0. The molecule has 0 amide bonds. The molecule has 0 bridgehead atoms. The second-order valence-electron chi connectivity index (χ2n) is 0.947. The highest BCUT2D eigenvalue weighted by molar-refractivity contribution is 4.73. The standard InChI is InChI=1S/C3H6.2C3H4/c3*1-3-2/h3H,1H2,2H3;1-2H2;1H,2H3. The van der Waals surface area contributed by atoms with Crippen LogP contribution in [0.4, 0.5) is 0 Å². The second kappa shape index (κ2) is 69.7. The lowest BCUT2D eigenvalue weighted by Crippen LogP contribution is -1.10. The van der Waals surface area contributed by atoms with Crippen molar-refractivity contribution in [1.82, 2.24) is 0 Å². The van der Waals surface area contributed by atoms with Crippen molar-refractivity contribution in [2.75, 3.05) is 0 Å². The third kappa shape index (κ3) is 114. The van der Waals surface area contributed by atoms with Crippen molar-refractivity contribution in [2.45, 2.75) is 13.8 Å². The molecule has 0 N–H and O–H groups in total. The molecular weight excluding hydrogens is 108 g/mol. The predicted molar refractivity (Wildman–Crippen MR) is 45.1 cm³/mol. The summed E-state index contributed by atoms with van der Waals surface area (Å²) in [6.07, 6.45) is 6.35. The first-order chi connectivity index (χ1) is 4.24. The molecule has 0 rings (SSSR count). The summed E-state index contributed by atoms with van der Waals surface area (Å²) in [6.45, 7) is 13.2. The van der Waals surface area contributed by atoms with E-state index < -0.39 is 0 Å². The van der Waals surface area contributed by atoms with Crippen molar-refractivity contribution in [3.63, 3.8) is 0 Å². The molecule has 0 atom stereocenters. The summed E-state index contributed by atoms with van der Waals surface area (Å²) in [5.41, 5.74) is 2.25. The Kier molecular flexibility index (Phi) is 121. The summed E-state index contributed by atoms with van der Waals surface area (Å²) in [4.78, 5) is 0. The van der Waals surface area contributed by atoms with E-state index in [1.165, 1.54) is 0 Å². The fourth-order valence-electron chi connectivity index (χ4n) is 0. The number of rotatable bonds is 0. The minimum Gasteiger partial charge on any atom is -0.137 e. The van der Waals surface area contributed by atoms with Gasteiger partial charge in [0.25, 0.3) is 0 Å². The Bertz CT molecular complexity index is 95.7. The van der Waals surface area contributed by atoms with Crippen LogP contribution in [0.25, 0.3) is 0 Å². The molecule has 0 aliphatic heterocycles. The van der Waals surface area contributed by atoms with E-state index in [-0.39, 0.29) is 0 Å². The Balaban J connectivity index is -0.0000000600. The number of allylic oxidation sites excluding steroid dienone is 1. The molecule has 0 heterocycles. The molecule has 0 fully saturated rings. The van der Waals surface area contributed by atoms with Gasteiger partial charge in [-0.2, -0.15) is 0 Å². The van der Waals surface area contributed by atoms with Crippen LogP contribution in [0.3, 0.4) is 0 Å². The average Bonchev–Trinajstić information content (AvgIpc) is 1.70. The topological polar surface area (TPSA) is 0 Å². The smallest absolute Gasteiger partial charge is 0.00297 e. The maximum Gasteiger partial charge on any atom is -0.00297 e. The Hall–Kier alpha value is -1.18. The van der Waals surface area contributed by atoms with Gasteiger partial charge in [0.15, 0.2) is 0 Å². The highest BCUT2D eigenvalue weighted by atomic mass is 13.2. The number of hydrogen-bond acceptors (Lipinski definition) is 0. The zero-order valence-electron chi connectivity index (χ0n) is 6.28. The lowest BCUT2D eigenvalue weighted by atomic mass is 10.8. The van der Waals surface area contributed by atoms with Crippen molar-refractivity contribution in [3.05, 3.63) is 31.5 Å². The van der Waals surface area contributed by atoms with Crippen LogP contribution in [0.15, 0.2) is 31.5 Å². The van der Waals surface area contributed by atoms with E-state index in [9.17, 15) is 0 Å². The van der Waals surface area contributed by atoms with Crippen molar-refractivity contribution in [1.29, 1.82) is 0 Å². The van der Waals surface area contributed by atoms with E-state index >= 15 is 0 Å². The maximum atomic E-state index is 4.60. The minimum atomic E-state index is 1.65. The van der Waals surface area contributed by atoms with Gasteiger partial charge in [0, 0.05) is 0 Å². The molecule has 0 aromatic heterocycles. The van der Waals surface area contributed by atoms with E-state index in [1.807, 2.05) is 6.92 Å². The van der Waals surface area contributed by atoms with Crippen LogP contribution in [0, 0.1) is 12.3 Å². The molecule has 0 saturated carbocycles. The van der Waals surface area contributed by atoms with Crippen LogP contribution in [0.5, 0.6) is 0 Å². The van der Waals surface area contributed by atoms with Gasteiger partial charge in [0.1, 0.15) is 0 Å². The summed E-state index contributed by atoms with van der Waals surface area (Å²) in [5, 5.41) is 0. The van der Waals surface area contributed by atoms with Crippen LogP contribution in [-0.2, 0) is 0 Å². The zero-order chi connectivity index (χ0) is 8.12. The maximum absolute atomic E-state index is 4.60. The van der Waals surface area contributed by atoms with E-state index in [1.54, 1.807) is 13.0 Å². The number of terminal acetylenes is 1. The molecular formula is C9H14. The van der Waals surface area contributed by atoms with Gasteiger partial charge in [-0.15, -0.1) is 24.7 Å².